The molecule has 0 saturated heterocycles. The number of rotatable bonds is 9. The molecule has 164 valence electrons. The number of aliphatic carboxylic acids is 1. The second-order valence-corrected chi connectivity index (χ2v) is 8.53. The van der Waals surface area contributed by atoms with E-state index >= 15 is 0 Å². The number of benzene rings is 3. The van der Waals surface area contributed by atoms with Crippen LogP contribution in [-0.4, -0.2) is 11.1 Å². The van der Waals surface area contributed by atoms with Crippen LogP contribution in [-0.2, 0) is 4.79 Å². The molecule has 0 amide bonds. The molecule has 3 heteroatoms. The maximum Gasteiger partial charge on any atom is 0.310 e. The first-order valence-electron chi connectivity index (χ1n) is 10.9. The maximum atomic E-state index is 12.2. The predicted molar refractivity (Wildman–Crippen MR) is 136 cm³/mol. The molecule has 0 aliphatic rings. The Morgan fingerprint density at radius 2 is 1.69 bits per heavy atom. The van der Waals surface area contributed by atoms with E-state index in [4.69, 9.17) is 0 Å². The summed E-state index contributed by atoms with van der Waals surface area (Å²) in [5, 5.41) is 15.8. The Hall–Kier alpha value is -3.59. The third-order valence-corrected chi connectivity index (χ3v) is 5.81. The summed E-state index contributed by atoms with van der Waals surface area (Å²) in [6, 6.07) is 22.6. The van der Waals surface area contributed by atoms with E-state index in [0.717, 1.165) is 22.5 Å². The Balaban J connectivity index is 1.94. The van der Waals surface area contributed by atoms with Gasteiger partial charge >= 0.3 is 5.97 Å². The van der Waals surface area contributed by atoms with Crippen LogP contribution in [0.5, 0.6) is 0 Å². The molecule has 0 spiro atoms. The van der Waals surface area contributed by atoms with Crippen molar-refractivity contribution in [3.05, 3.63) is 109 Å². The van der Waals surface area contributed by atoms with Crippen molar-refractivity contribution in [1.29, 1.82) is 0 Å². The van der Waals surface area contributed by atoms with E-state index < -0.39 is 11.4 Å². The Morgan fingerprint density at radius 3 is 2.31 bits per heavy atom. The zero-order valence-electron chi connectivity index (χ0n) is 19.0. The number of anilines is 2. The molecule has 3 nitrogen and oxygen atoms in total. The van der Waals surface area contributed by atoms with Crippen LogP contribution in [0.4, 0.5) is 11.4 Å². The second kappa shape index (κ2) is 10.1. The number of nitrogens with one attached hydrogen (secondary N) is 1. The molecule has 3 rings (SSSR count). The van der Waals surface area contributed by atoms with Gasteiger partial charge in [-0.15, -0.1) is 6.58 Å². The summed E-state index contributed by atoms with van der Waals surface area (Å²) in [6.45, 7) is 9.39. The highest BCUT2D eigenvalue weighted by molar-refractivity contribution is 5.86. The van der Waals surface area contributed by atoms with Gasteiger partial charge in [-0.1, -0.05) is 72.3 Å². The zero-order valence-corrected chi connectivity index (χ0v) is 19.0. The minimum absolute atomic E-state index is 0.274. The van der Waals surface area contributed by atoms with Crippen molar-refractivity contribution in [3.63, 3.8) is 0 Å². The standard InChI is InChI=1S/C29H31NO2/c1-5-7-11-22(10-6-2)27(29(3,4)28(31)32)23-15-17-25(18-16-23)30-26-19-14-21-12-8-9-13-24(21)20-26/h5-9,11-20,27,30H,2,10H2,1,3-4H3,(H,31,32)/b7-5-,22-11-. The lowest BCUT2D eigenvalue weighted by Gasteiger charge is -2.33. The maximum absolute atomic E-state index is 12.2. The first-order chi connectivity index (χ1) is 15.4. The Bertz CT molecular complexity index is 1150. The molecule has 0 bridgehead atoms. The molecule has 0 heterocycles. The fourth-order valence-corrected chi connectivity index (χ4v) is 4.08. The highest BCUT2D eigenvalue weighted by Gasteiger charge is 2.39. The number of carboxylic acid groups (broad SMARTS) is 1. The van der Waals surface area contributed by atoms with E-state index in [9.17, 15) is 9.90 Å². The van der Waals surface area contributed by atoms with E-state index in [-0.39, 0.29) is 5.92 Å². The van der Waals surface area contributed by atoms with Gasteiger partial charge in [-0.2, -0.15) is 0 Å². The summed E-state index contributed by atoms with van der Waals surface area (Å²) < 4.78 is 0. The van der Waals surface area contributed by atoms with Crippen molar-refractivity contribution >= 4 is 28.1 Å². The van der Waals surface area contributed by atoms with Gasteiger partial charge in [-0.3, -0.25) is 4.79 Å². The SMILES string of the molecule is C=CC/C(=C/C=C\C)C(c1ccc(Nc2ccc3ccccc3c2)cc1)C(C)(C)C(=O)O. The van der Waals surface area contributed by atoms with E-state index in [1.165, 1.54) is 10.8 Å². The lowest BCUT2D eigenvalue weighted by Crippen LogP contribution is -2.32. The van der Waals surface area contributed by atoms with Crippen molar-refractivity contribution in [2.75, 3.05) is 5.32 Å². The van der Waals surface area contributed by atoms with Crippen LogP contribution in [0.25, 0.3) is 10.8 Å². The molecule has 0 aliphatic heterocycles. The summed E-state index contributed by atoms with van der Waals surface area (Å²) in [4.78, 5) is 12.2. The average Bonchev–Trinajstić information content (AvgIpc) is 2.78. The van der Waals surface area contributed by atoms with Gasteiger partial charge in [0.15, 0.2) is 0 Å². The van der Waals surface area contributed by atoms with Crippen molar-refractivity contribution in [2.24, 2.45) is 5.41 Å². The predicted octanol–water partition coefficient (Wildman–Crippen LogP) is 7.86. The highest BCUT2D eigenvalue weighted by Crippen LogP contribution is 2.43. The number of hydrogen-bond acceptors (Lipinski definition) is 2. The molecule has 2 N–H and O–H groups in total. The van der Waals surface area contributed by atoms with E-state index in [1.807, 2.05) is 67.6 Å². The van der Waals surface area contributed by atoms with Crippen molar-refractivity contribution in [1.82, 2.24) is 0 Å². The quantitative estimate of drug-likeness (QED) is 0.271. The Kier molecular flexibility index (Phi) is 7.32. The molecule has 1 unspecified atom stereocenters. The molecule has 0 aliphatic carbocycles. The van der Waals surface area contributed by atoms with E-state index in [0.29, 0.717) is 6.42 Å². The van der Waals surface area contributed by atoms with Gasteiger partial charge < -0.3 is 10.4 Å². The first-order valence-corrected chi connectivity index (χ1v) is 10.9. The fraction of sp³-hybridized carbons (Fsp3) is 0.207. The van der Waals surface area contributed by atoms with Gasteiger partial charge in [0.05, 0.1) is 5.41 Å². The summed E-state index contributed by atoms with van der Waals surface area (Å²) >= 11 is 0. The van der Waals surface area contributed by atoms with Crippen molar-refractivity contribution in [3.8, 4) is 0 Å². The monoisotopic (exact) mass is 425 g/mol. The first kappa shape index (κ1) is 23.1. The molecular weight excluding hydrogens is 394 g/mol. The third-order valence-electron chi connectivity index (χ3n) is 5.81. The van der Waals surface area contributed by atoms with Gasteiger partial charge in [0.2, 0.25) is 0 Å². The molecule has 0 fully saturated rings. The summed E-state index contributed by atoms with van der Waals surface area (Å²) in [5.74, 6) is -1.10. The van der Waals surface area contributed by atoms with Crippen LogP contribution in [0.2, 0.25) is 0 Å². The number of fused-ring (bicyclic) bond motifs is 1. The smallest absolute Gasteiger partial charge is 0.310 e. The highest BCUT2D eigenvalue weighted by atomic mass is 16.4. The molecule has 3 aromatic rings. The van der Waals surface area contributed by atoms with Crippen molar-refractivity contribution in [2.45, 2.75) is 33.1 Å². The lowest BCUT2D eigenvalue weighted by molar-refractivity contribution is -0.147. The summed E-state index contributed by atoms with van der Waals surface area (Å²) in [6.07, 6.45) is 8.38. The minimum Gasteiger partial charge on any atom is -0.481 e. The number of allylic oxidation sites excluding steroid dienone is 5. The van der Waals surface area contributed by atoms with E-state index in [1.54, 1.807) is 13.8 Å². The van der Waals surface area contributed by atoms with Crippen molar-refractivity contribution < 1.29 is 9.90 Å². The van der Waals surface area contributed by atoms with Crippen LogP contribution in [0, 0.1) is 5.41 Å². The lowest BCUT2D eigenvalue weighted by atomic mass is 9.70. The minimum atomic E-state index is -0.969. The topological polar surface area (TPSA) is 49.3 Å². The van der Waals surface area contributed by atoms with Gasteiger partial charge in [0.1, 0.15) is 0 Å². The van der Waals surface area contributed by atoms with Crippen LogP contribution in [0.1, 0.15) is 38.7 Å². The molecular formula is C29H31NO2. The van der Waals surface area contributed by atoms with Crippen LogP contribution >= 0.6 is 0 Å². The molecule has 0 saturated carbocycles. The van der Waals surface area contributed by atoms with Gasteiger partial charge in [-0.25, -0.2) is 0 Å². The zero-order chi connectivity index (χ0) is 23.1. The summed E-state index contributed by atoms with van der Waals surface area (Å²) in [7, 11) is 0. The van der Waals surface area contributed by atoms with E-state index in [2.05, 4.69) is 42.2 Å². The average molecular weight is 426 g/mol. The van der Waals surface area contributed by atoms with Crippen LogP contribution in [0.15, 0.2) is 103 Å². The number of hydrogen-bond donors (Lipinski definition) is 2. The number of carboxylic acids is 1. The molecule has 32 heavy (non-hydrogen) atoms. The van der Waals surface area contributed by atoms with Gasteiger partial charge in [0.25, 0.3) is 0 Å². The second-order valence-electron chi connectivity index (χ2n) is 8.53. The van der Waals surface area contributed by atoms with Gasteiger partial charge in [0, 0.05) is 17.3 Å². The summed E-state index contributed by atoms with van der Waals surface area (Å²) in [5.41, 5.74) is 3.00. The van der Waals surface area contributed by atoms with Gasteiger partial charge in [-0.05, 0) is 67.8 Å². The fourth-order valence-electron chi connectivity index (χ4n) is 4.08. The Morgan fingerprint density at radius 1 is 1.03 bits per heavy atom. The van der Waals surface area contributed by atoms with Crippen LogP contribution in [0.3, 0.4) is 0 Å². The third kappa shape index (κ3) is 5.17. The number of carbonyl (C=O) groups is 1. The molecule has 3 aromatic carbocycles. The normalized spacial score (nSPS) is 13.3. The molecule has 0 aromatic heterocycles. The molecule has 0 radical (unpaired) electrons. The van der Waals surface area contributed by atoms with Crippen LogP contribution < -0.4 is 5.32 Å². The molecule has 1 atom stereocenters. The largest absolute Gasteiger partial charge is 0.481 e. The Labute approximate surface area is 190 Å².